The van der Waals surface area contributed by atoms with Crippen LogP contribution in [-0.2, 0) is 0 Å². The molecule has 0 unspecified atom stereocenters. The third-order valence-corrected chi connectivity index (χ3v) is 1.54. The Hall–Kier alpha value is -1.15. The van der Waals surface area contributed by atoms with Crippen molar-refractivity contribution in [3.05, 3.63) is 35.7 Å². The van der Waals surface area contributed by atoms with Crippen LogP contribution in [0.25, 0.3) is 6.08 Å². The predicted octanol–water partition coefficient (Wildman–Crippen LogP) is 1.62. The summed E-state index contributed by atoms with van der Waals surface area (Å²) in [5.74, 6) is 0. The lowest BCUT2D eigenvalue weighted by atomic mass is 10.2. The van der Waals surface area contributed by atoms with Gasteiger partial charge in [0.15, 0.2) is 0 Å². The molecule has 1 N–H and O–H groups in total. The lowest BCUT2D eigenvalue weighted by Crippen LogP contribution is -2.03. The van der Waals surface area contributed by atoms with E-state index in [-0.39, 0.29) is 0 Å². The van der Waals surface area contributed by atoms with Crippen molar-refractivity contribution in [2.75, 3.05) is 13.6 Å². The van der Waals surface area contributed by atoms with E-state index < -0.39 is 0 Å². The van der Waals surface area contributed by atoms with Crippen molar-refractivity contribution in [2.45, 2.75) is 6.92 Å². The first kappa shape index (κ1) is 8.94. The second-order valence-electron chi connectivity index (χ2n) is 2.72. The highest BCUT2D eigenvalue weighted by atomic mass is 14.8. The van der Waals surface area contributed by atoms with Gasteiger partial charge in [-0.1, -0.05) is 12.1 Å². The summed E-state index contributed by atoms with van der Waals surface area (Å²) in [6, 6.07) is 4.08. The van der Waals surface area contributed by atoms with E-state index >= 15 is 0 Å². The van der Waals surface area contributed by atoms with Crippen LogP contribution in [0.2, 0.25) is 0 Å². The molecule has 0 fully saturated rings. The van der Waals surface area contributed by atoms with Crippen LogP contribution in [0.1, 0.15) is 11.3 Å². The molecule has 2 nitrogen and oxygen atoms in total. The summed E-state index contributed by atoms with van der Waals surface area (Å²) in [4.78, 5) is 4.24. The zero-order valence-electron chi connectivity index (χ0n) is 7.54. The van der Waals surface area contributed by atoms with Crippen LogP contribution in [-0.4, -0.2) is 18.6 Å². The van der Waals surface area contributed by atoms with Gasteiger partial charge >= 0.3 is 0 Å². The van der Waals surface area contributed by atoms with Gasteiger partial charge in [-0.3, -0.25) is 4.98 Å². The molecule has 1 aromatic rings. The van der Waals surface area contributed by atoms with Crippen LogP contribution in [0.3, 0.4) is 0 Å². The summed E-state index contributed by atoms with van der Waals surface area (Å²) >= 11 is 0. The van der Waals surface area contributed by atoms with E-state index in [9.17, 15) is 0 Å². The fourth-order valence-corrected chi connectivity index (χ4v) is 0.875. The highest BCUT2D eigenvalue weighted by Crippen LogP contribution is 1.99. The molecule has 12 heavy (non-hydrogen) atoms. The van der Waals surface area contributed by atoms with Crippen LogP contribution in [0.4, 0.5) is 0 Å². The van der Waals surface area contributed by atoms with Gasteiger partial charge in [-0.15, -0.1) is 0 Å². The maximum absolute atomic E-state index is 4.24. The molecule has 0 saturated heterocycles. The normalized spacial score (nSPS) is 10.8. The molecule has 0 saturated carbocycles. The molecule has 64 valence electrons. The van der Waals surface area contributed by atoms with Crippen molar-refractivity contribution in [1.29, 1.82) is 0 Å². The van der Waals surface area contributed by atoms with Crippen molar-refractivity contribution >= 4 is 6.08 Å². The molecular formula is C10H14N2. The molecule has 1 aromatic heterocycles. The fourth-order valence-electron chi connectivity index (χ4n) is 0.875. The Morgan fingerprint density at radius 3 is 2.92 bits per heavy atom. The summed E-state index contributed by atoms with van der Waals surface area (Å²) in [6.45, 7) is 2.92. The molecule has 2 heteroatoms. The van der Waals surface area contributed by atoms with E-state index in [1.807, 2.05) is 32.3 Å². The second-order valence-corrected chi connectivity index (χ2v) is 2.72. The lowest BCUT2D eigenvalue weighted by molar-refractivity contribution is 0.922. The number of hydrogen-bond donors (Lipinski definition) is 1. The van der Waals surface area contributed by atoms with Crippen LogP contribution in [0, 0.1) is 6.92 Å². The average Bonchev–Trinajstić information content (AvgIpc) is 2.09. The molecule has 0 atom stereocenters. The quantitative estimate of drug-likeness (QED) is 0.730. The SMILES string of the molecule is CNC/C=C/c1ccc(C)cn1. The van der Waals surface area contributed by atoms with E-state index in [0.717, 1.165) is 12.2 Å². The lowest BCUT2D eigenvalue weighted by Gasteiger charge is -1.93. The van der Waals surface area contributed by atoms with Crippen LogP contribution in [0.15, 0.2) is 24.4 Å². The second kappa shape index (κ2) is 4.67. The summed E-state index contributed by atoms with van der Waals surface area (Å²) in [5.41, 5.74) is 2.21. The van der Waals surface area contributed by atoms with Crippen molar-refractivity contribution in [3.63, 3.8) is 0 Å². The van der Waals surface area contributed by atoms with Gasteiger partial charge in [0.2, 0.25) is 0 Å². The summed E-state index contributed by atoms with van der Waals surface area (Å²) in [5, 5.41) is 3.03. The summed E-state index contributed by atoms with van der Waals surface area (Å²) in [7, 11) is 1.92. The molecular weight excluding hydrogens is 148 g/mol. The maximum Gasteiger partial charge on any atom is 0.0627 e. The van der Waals surface area contributed by atoms with Crippen molar-refractivity contribution in [1.82, 2.24) is 10.3 Å². The zero-order chi connectivity index (χ0) is 8.81. The Labute approximate surface area is 73.3 Å². The smallest absolute Gasteiger partial charge is 0.0627 e. The van der Waals surface area contributed by atoms with Gasteiger partial charge in [-0.05, 0) is 31.7 Å². The van der Waals surface area contributed by atoms with E-state index in [1.165, 1.54) is 5.56 Å². The highest BCUT2D eigenvalue weighted by Gasteiger charge is 1.86. The zero-order valence-corrected chi connectivity index (χ0v) is 7.54. The van der Waals surface area contributed by atoms with Gasteiger partial charge in [-0.2, -0.15) is 0 Å². The van der Waals surface area contributed by atoms with Gasteiger partial charge in [0, 0.05) is 12.7 Å². The number of aryl methyl sites for hydroxylation is 1. The fraction of sp³-hybridized carbons (Fsp3) is 0.300. The number of nitrogens with zero attached hydrogens (tertiary/aromatic N) is 1. The number of rotatable bonds is 3. The Kier molecular flexibility index (Phi) is 3.48. The molecule has 0 bridgehead atoms. The van der Waals surface area contributed by atoms with Crippen LogP contribution >= 0.6 is 0 Å². The predicted molar refractivity (Wildman–Crippen MR) is 51.9 cm³/mol. The van der Waals surface area contributed by atoms with E-state index in [0.29, 0.717) is 0 Å². The van der Waals surface area contributed by atoms with Crippen molar-refractivity contribution < 1.29 is 0 Å². The Morgan fingerprint density at radius 2 is 2.33 bits per heavy atom. The van der Waals surface area contributed by atoms with E-state index in [2.05, 4.69) is 22.4 Å². The molecule has 0 radical (unpaired) electrons. The number of nitrogens with one attached hydrogen (secondary N) is 1. The molecule has 0 aliphatic rings. The molecule has 0 aromatic carbocycles. The molecule has 0 spiro atoms. The summed E-state index contributed by atoms with van der Waals surface area (Å²) < 4.78 is 0. The van der Waals surface area contributed by atoms with Gasteiger partial charge in [0.1, 0.15) is 0 Å². The third kappa shape index (κ3) is 2.84. The Bertz CT molecular complexity index is 249. The van der Waals surface area contributed by atoms with Gasteiger partial charge < -0.3 is 5.32 Å². The molecule has 0 amide bonds. The first-order chi connectivity index (χ1) is 5.83. The third-order valence-electron chi connectivity index (χ3n) is 1.54. The topological polar surface area (TPSA) is 24.9 Å². The standard InChI is InChI=1S/C10H14N2/c1-9-5-6-10(12-8-9)4-3-7-11-2/h3-6,8,11H,7H2,1-2H3/b4-3+. The first-order valence-corrected chi connectivity index (χ1v) is 4.06. The van der Waals surface area contributed by atoms with Crippen LogP contribution < -0.4 is 5.32 Å². The molecule has 1 heterocycles. The van der Waals surface area contributed by atoms with Crippen molar-refractivity contribution in [2.24, 2.45) is 0 Å². The van der Waals surface area contributed by atoms with Gasteiger partial charge in [0.25, 0.3) is 0 Å². The average molecular weight is 162 g/mol. The van der Waals surface area contributed by atoms with E-state index in [4.69, 9.17) is 0 Å². The van der Waals surface area contributed by atoms with E-state index in [1.54, 1.807) is 0 Å². The largest absolute Gasteiger partial charge is 0.316 e. The minimum Gasteiger partial charge on any atom is -0.316 e. The summed E-state index contributed by atoms with van der Waals surface area (Å²) in [6.07, 6.45) is 5.94. The number of pyridine rings is 1. The molecule has 0 aliphatic carbocycles. The van der Waals surface area contributed by atoms with Crippen molar-refractivity contribution in [3.8, 4) is 0 Å². The van der Waals surface area contributed by atoms with Gasteiger partial charge in [0.05, 0.1) is 5.69 Å². The minimum atomic E-state index is 0.884. The minimum absolute atomic E-state index is 0.884. The number of aromatic nitrogens is 1. The Morgan fingerprint density at radius 1 is 1.50 bits per heavy atom. The number of hydrogen-bond acceptors (Lipinski definition) is 2. The van der Waals surface area contributed by atoms with Crippen LogP contribution in [0.5, 0.6) is 0 Å². The highest BCUT2D eigenvalue weighted by molar-refractivity contribution is 5.44. The molecule has 0 aliphatic heterocycles. The maximum atomic E-state index is 4.24. The molecule has 1 rings (SSSR count). The number of likely N-dealkylation sites (N-methyl/N-ethyl adjacent to an activating group) is 1. The first-order valence-electron chi connectivity index (χ1n) is 4.06. The monoisotopic (exact) mass is 162 g/mol. The Balaban J connectivity index is 2.58. The van der Waals surface area contributed by atoms with Gasteiger partial charge in [-0.25, -0.2) is 0 Å².